The molecule has 34 heavy (non-hydrogen) atoms. The first-order valence-electron chi connectivity index (χ1n) is 11.5. The smallest absolute Gasteiger partial charge is 0.142 e. The SMILES string of the molecule is Cc1c(-c2cnc3[nH]cc([C@H](C)c4c(Cl)ccc(F)c4Cl)c3c2)cnn1C1CCC(C)(O)CC1. The lowest BCUT2D eigenvalue weighted by Gasteiger charge is -2.33. The van der Waals surface area contributed by atoms with Crippen LogP contribution in [0, 0.1) is 12.7 Å². The Balaban J connectivity index is 1.51. The van der Waals surface area contributed by atoms with Gasteiger partial charge in [-0.05, 0) is 68.9 Å². The molecule has 8 heteroatoms. The Morgan fingerprint density at radius 3 is 2.71 bits per heavy atom. The number of nitrogens with zero attached hydrogens (tertiary/aromatic N) is 3. The van der Waals surface area contributed by atoms with E-state index in [-0.39, 0.29) is 17.0 Å². The van der Waals surface area contributed by atoms with Gasteiger partial charge in [-0.3, -0.25) is 4.68 Å². The summed E-state index contributed by atoms with van der Waals surface area (Å²) in [6.45, 7) is 5.94. The lowest BCUT2D eigenvalue weighted by Crippen LogP contribution is -2.31. The summed E-state index contributed by atoms with van der Waals surface area (Å²) in [5, 5.41) is 16.4. The topological polar surface area (TPSA) is 66.7 Å². The van der Waals surface area contributed by atoms with Crippen molar-refractivity contribution in [1.29, 1.82) is 0 Å². The van der Waals surface area contributed by atoms with Crippen molar-refractivity contribution in [1.82, 2.24) is 19.7 Å². The van der Waals surface area contributed by atoms with Gasteiger partial charge in [-0.25, -0.2) is 9.37 Å². The van der Waals surface area contributed by atoms with Crippen molar-refractivity contribution in [2.24, 2.45) is 0 Å². The Morgan fingerprint density at radius 2 is 1.97 bits per heavy atom. The molecule has 5 nitrogen and oxygen atoms in total. The van der Waals surface area contributed by atoms with Gasteiger partial charge in [-0.2, -0.15) is 5.10 Å². The highest BCUT2D eigenvalue weighted by Gasteiger charge is 2.31. The van der Waals surface area contributed by atoms with Crippen molar-refractivity contribution in [3.8, 4) is 11.1 Å². The largest absolute Gasteiger partial charge is 0.390 e. The van der Waals surface area contributed by atoms with Crippen molar-refractivity contribution < 1.29 is 9.50 Å². The minimum atomic E-state index is -0.579. The van der Waals surface area contributed by atoms with Gasteiger partial charge in [-0.15, -0.1) is 0 Å². The van der Waals surface area contributed by atoms with Gasteiger partial charge in [0.05, 0.1) is 22.9 Å². The predicted octanol–water partition coefficient (Wildman–Crippen LogP) is 7.20. The molecule has 0 bridgehead atoms. The lowest BCUT2D eigenvalue weighted by molar-refractivity contribution is 0.00826. The average Bonchev–Trinajstić information content (AvgIpc) is 3.39. The molecule has 2 N–H and O–H groups in total. The van der Waals surface area contributed by atoms with Crippen LogP contribution in [-0.4, -0.2) is 30.5 Å². The van der Waals surface area contributed by atoms with Gasteiger partial charge in [0.2, 0.25) is 0 Å². The zero-order chi connectivity index (χ0) is 24.2. The van der Waals surface area contributed by atoms with Crippen molar-refractivity contribution in [2.75, 3.05) is 0 Å². The molecular formula is C26H27Cl2FN4O. The summed E-state index contributed by atoms with van der Waals surface area (Å²) in [7, 11) is 0. The van der Waals surface area contributed by atoms with Crippen molar-refractivity contribution in [3.05, 3.63) is 69.5 Å². The number of rotatable bonds is 4. The molecule has 178 valence electrons. The first-order chi connectivity index (χ1) is 16.2. The summed E-state index contributed by atoms with van der Waals surface area (Å²) < 4.78 is 16.3. The van der Waals surface area contributed by atoms with E-state index in [0.29, 0.717) is 10.6 Å². The molecule has 1 saturated carbocycles. The molecule has 0 saturated heterocycles. The number of H-pyrrole nitrogens is 1. The van der Waals surface area contributed by atoms with E-state index in [1.54, 1.807) is 0 Å². The Morgan fingerprint density at radius 1 is 1.24 bits per heavy atom. The molecule has 0 spiro atoms. The number of halogens is 3. The van der Waals surface area contributed by atoms with Crippen molar-refractivity contribution in [2.45, 2.75) is 64.0 Å². The molecule has 1 atom stereocenters. The predicted molar refractivity (Wildman–Crippen MR) is 134 cm³/mol. The van der Waals surface area contributed by atoms with E-state index < -0.39 is 11.4 Å². The highest BCUT2D eigenvalue weighted by molar-refractivity contribution is 6.36. The molecule has 1 aromatic carbocycles. The molecule has 1 aliphatic rings. The van der Waals surface area contributed by atoms with Gasteiger partial charge in [-0.1, -0.05) is 30.1 Å². The van der Waals surface area contributed by atoms with E-state index in [0.717, 1.165) is 59.1 Å². The monoisotopic (exact) mass is 500 g/mol. The van der Waals surface area contributed by atoms with Crippen LogP contribution in [0.4, 0.5) is 4.39 Å². The third-order valence-corrected chi connectivity index (χ3v) is 7.99. The molecule has 3 heterocycles. The van der Waals surface area contributed by atoms with Crippen LogP contribution in [0.3, 0.4) is 0 Å². The van der Waals surface area contributed by atoms with Gasteiger partial charge in [0.15, 0.2) is 0 Å². The Labute approximate surface area is 207 Å². The number of aliphatic hydroxyl groups is 1. The standard InChI is InChI=1S/C26H27Cl2FN4O/c1-14(23-21(27)4-5-22(29)24(23)28)19-12-31-25-18(19)10-16(11-30-25)20-13-32-33(15(20)2)17-6-8-26(3,34)9-7-17/h4-5,10-14,17,34H,6-9H2,1-3H3,(H,30,31)/t14-,17?,26?/m0/s1. The van der Waals surface area contributed by atoms with Crippen LogP contribution < -0.4 is 0 Å². The molecule has 0 aliphatic heterocycles. The van der Waals surface area contributed by atoms with Gasteiger partial charge in [0.1, 0.15) is 11.5 Å². The van der Waals surface area contributed by atoms with Crippen molar-refractivity contribution >= 4 is 34.2 Å². The number of hydrogen-bond donors (Lipinski definition) is 2. The Bertz CT molecular complexity index is 1370. The zero-order valence-electron chi connectivity index (χ0n) is 19.4. The third kappa shape index (κ3) is 4.02. The van der Waals surface area contributed by atoms with Gasteiger partial charge in [0, 0.05) is 45.5 Å². The van der Waals surface area contributed by atoms with Crippen LogP contribution in [0.5, 0.6) is 0 Å². The molecule has 3 aromatic heterocycles. The first kappa shape index (κ1) is 23.3. The van der Waals surface area contributed by atoms with Crippen LogP contribution in [0.15, 0.2) is 36.8 Å². The zero-order valence-corrected chi connectivity index (χ0v) is 20.9. The number of aromatic amines is 1. The Hall–Kier alpha value is -2.41. The van der Waals surface area contributed by atoms with Crippen LogP contribution in [0.1, 0.15) is 68.3 Å². The summed E-state index contributed by atoms with van der Waals surface area (Å²) in [5.74, 6) is -0.723. The van der Waals surface area contributed by atoms with Crippen LogP contribution >= 0.6 is 23.2 Å². The van der Waals surface area contributed by atoms with E-state index in [1.165, 1.54) is 12.1 Å². The molecule has 1 fully saturated rings. The second kappa shape index (κ2) is 8.67. The summed E-state index contributed by atoms with van der Waals surface area (Å²) in [6.07, 6.45) is 8.97. The van der Waals surface area contributed by atoms with Crippen LogP contribution in [-0.2, 0) is 0 Å². The fourth-order valence-electron chi connectivity index (χ4n) is 5.17. The molecular weight excluding hydrogens is 474 g/mol. The number of hydrogen-bond acceptors (Lipinski definition) is 3. The quantitative estimate of drug-likeness (QED) is 0.291. The van der Waals surface area contributed by atoms with E-state index in [9.17, 15) is 9.50 Å². The summed E-state index contributed by atoms with van der Waals surface area (Å²) in [4.78, 5) is 7.85. The van der Waals surface area contributed by atoms with Gasteiger partial charge < -0.3 is 10.1 Å². The maximum absolute atomic E-state index is 14.2. The molecule has 5 rings (SSSR count). The van der Waals surface area contributed by atoms with Crippen LogP contribution in [0.25, 0.3) is 22.2 Å². The highest BCUT2D eigenvalue weighted by Crippen LogP contribution is 2.40. The van der Waals surface area contributed by atoms with Crippen molar-refractivity contribution in [3.63, 3.8) is 0 Å². The molecule has 0 radical (unpaired) electrons. The molecule has 1 aliphatic carbocycles. The summed E-state index contributed by atoms with van der Waals surface area (Å²) >= 11 is 12.7. The lowest BCUT2D eigenvalue weighted by atomic mass is 9.83. The molecule has 0 unspecified atom stereocenters. The van der Waals surface area contributed by atoms with E-state index in [4.69, 9.17) is 28.3 Å². The number of benzene rings is 1. The second-order valence-electron chi connectivity index (χ2n) is 9.66. The van der Waals surface area contributed by atoms with Crippen LogP contribution in [0.2, 0.25) is 10.0 Å². The Kier molecular flexibility index (Phi) is 5.95. The molecule has 0 amide bonds. The number of nitrogens with one attached hydrogen (secondary N) is 1. The molecule has 4 aromatic rings. The van der Waals surface area contributed by atoms with Gasteiger partial charge in [0.25, 0.3) is 0 Å². The summed E-state index contributed by atoms with van der Waals surface area (Å²) in [6, 6.07) is 5.19. The second-order valence-corrected chi connectivity index (χ2v) is 10.4. The number of fused-ring (bicyclic) bond motifs is 1. The van der Waals surface area contributed by atoms with Gasteiger partial charge >= 0.3 is 0 Å². The van der Waals surface area contributed by atoms with E-state index in [1.807, 2.05) is 32.4 Å². The normalized spacial score (nSPS) is 21.8. The number of aromatic nitrogens is 4. The fraction of sp³-hybridized carbons (Fsp3) is 0.385. The maximum Gasteiger partial charge on any atom is 0.142 e. The highest BCUT2D eigenvalue weighted by atomic mass is 35.5. The maximum atomic E-state index is 14.2. The van der Waals surface area contributed by atoms with E-state index in [2.05, 4.69) is 27.6 Å². The third-order valence-electron chi connectivity index (χ3n) is 7.28. The fourth-order valence-corrected chi connectivity index (χ4v) is 5.87. The average molecular weight is 501 g/mol. The van der Waals surface area contributed by atoms with E-state index >= 15 is 0 Å². The minimum absolute atomic E-state index is 0.0436. The first-order valence-corrected chi connectivity index (χ1v) is 12.3. The number of pyridine rings is 1. The summed E-state index contributed by atoms with van der Waals surface area (Å²) in [5.41, 5.74) is 4.73. The minimum Gasteiger partial charge on any atom is -0.390 e.